The molecule has 0 amide bonds. The van der Waals surface area contributed by atoms with E-state index in [1.807, 2.05) is 25.2 Å². The second-order valence-corrected chi connectivity index (χ2v) is 5.09. The second kappa shape index (κ2) is 4.55. The van der Waals surface area contributed by atoms with Crippen LogP contribution in [0.1, 0.15) is 18.7 Å². The van der Waals surface area contributed by atoms with Crippen molar-refractivity contribution in [1.29, 1.82) is 0 Å². The van der Waals surface area contributed by atoms with Crippen LogP contribution in [0.4, 0.5) is 0 Å². The molecule has 1 unspecified atom stereocenters. The molecule has 0 aliphatic carbocycles. The number of benzene rings is 1. The standard InChI is InChI=1S/C14H14N2OS/c1-9(15-2)12-8-18-14(16-12)11-7-17-13-6-4-3-5-10(11)13/h3-9,15H,1-2H3. The Labute approximate surface area is 109 Å². The van der Waals surface area contributed by atoms with Crippen molar-refractivity contribution in [1.82, 2.24) is 10.3 Å². The fraction of sp³-hybridized carbons (Fsp3) is 0.214. The van der Waals surface area contributed by atoms with Gasteiger partial charge in [0.15, 0.2) is 0 Å². The third-order valence-electron chi connectivity index (χ3n) is 3.11. The van der Waals surface area contributed by atoms with Crippen LogP contribution in [0.25, 0.3) is 21.5 Å². The number of nitrogens with one attached hydrogen (secondary N) is 1. The highest BCUT2D eigenvalue weighted by atomic mass is 32.1. The molecular weight excluding hydrogens is 244 g/mol. The van der Waals surface area contributed by atoms with Gasteiger partial charge >= 0.3 is 0 Å². The molecule has 0 saturated heterocycles. The fourth-order valence-corrected chi connectivity index (χ4v) is 2.83. The Kier molecular flexibility index (Phi) is 2.89. The van der Waals surface area contributed by atoms with Gasteiger partial charge < -0.3 is 9.73 Å². The first-order valence-corrected chi connectivity index (χ1v) is 6.77. The van der Waals surface area contributed by atoms with E-state index in [9.17, 15) is 0 Å². The van der Waals surface area contributed by atoms with Crippen LogP contribution in [0, 0.1) is 0 Å². The minimum Gasteiger partial charge on any atom is -0.464 e. The molecular formula is C14H14N2OS. The first-order valence-electron chi connectivity index (χ1n) is 5.89. The Hall–Kier alpha value is -1.65. The summed E-state index contributed by atoms with van der Waals surface area (Å²) in [5.41, 5.74) is 3.05. The van der Waals surface area contributed by atoms with Crippen LogP contribution in [0.3, 0.4) is 0 Å². The summed E-state index contributed by atoms with van der Waals surface area (Å²) in [6, 6.07) is 8.31. The van der Waals surface area contributed by atoms with Gasteiger partial charge in [-0.2, -0.15) is 0 Å². The Bertz CT molecular complexity index is 671. The van der Waals surface area contributed by atoms with Gasteiger partial charge in [-0.3, -0.25) is 0 Å². The SMILES string of the molecule is CNC(C)c1csc(-c2coc3ccccc23)n1. The summed E-state index contributed by atoms with van der Waals surface area (Å²) in [5.74, 6) is 0. The first kappa shape index (κ1) is 11.4. The number of thiazole rings is 1. The van der Waals surface area contributed by atoms with Crippen LogP contribution in [0.15, 0.2) is 40.3 Å². The number of fused-ring (bicyclic) bond motifs is 1. The zero-order valence-electron chi connectivity index (χ0n) is 10.3. The van der Waals surface area contributed by atoms with Crippen LogP contribution >= 0.6 is 11.3 Å². The lowest BCUT2D eigenvalue weighted by molar-refractivity contribution is 0.616. The van der Waals surface area contributed by atoms with E-state index in [4.69, 9.17) is 4.42 Å². The zero-order chi connectivity index (χ0) is 12.5. The maximum Gasteiger partial charge on any atom is 0.134 e. The summed E-state index contributed by atoms with van der Waals surface area (Å²) in [7, 11) is 1.94. The fourth-order valence-electron chi connectivity index (χ4n) is 1.90. The summed E-state index contributed by atoms with van der Waals surface area (Å²) < 4.78 is 5.55. The molecule has 1 aromatic carbocycles. The zero-order valence-corrected chi connectivity index (χ0v) is 11.1. The highest BCUT2D eigenvalue weighted by Gasteiger charge is 2.13. The maximum absolute atomic E-state index is 5.55. The van der Waals surface area contributed by atoms with Crippen molar-refractivity contribution in [2.75, 3.05) is 7.05 Å². The molecule has 0 aliphatic heterocycles. The van der Waals surface area contributed by atoms with Gasteiger partial charge in [0.05, 0.1) is 11.3 Å². The molecule has 0 spiro atoms. The van der Waals surface area contributed by atoms with E-state index < -0.39 is 0 Å². The van der Waals surface area contributed by atoms with E-state index in [0.29, 0.717) is 0 Å². The molecule has 92 valence electrons. The van der Waals surface area contributed by atoms with Gasteiger partial charge in [0.2, 0.25) is 0 Å². The molecule has 1 N–H and O–H groups in total. The number of aromatic nitrogens is 1. The number of furan rings is 1. The second-order valence-electron chi connectivity index (χ2n) is 4.23. The molecule has 0 aliphatic rings. The van der Waals surface area contributed by atoms with Crippen LogP contribution in [0.2, 0.25) is 0 Å². The van der Waals surface area contributed by atoms with E-state index in [0.717, 1.165) is 27.2 Å². The average molecular weight is 258 g/mol. The molecule has 0 fully saturated rings. The van der Waals surface area contributed by atoms with Crippen LogP contribution in [-0.2, 0) is 0 Å². The lowest BCUT2D eigenvalue weighted by Crippen LogP contribution is -2.12. The molecule has 18 heavy (non-hydrogen) atoms. The minimum atomic E-state index is 0.271. The Balaban J connectivity index is 2.07. The normalized spacial score (nSPS) is 13.0. The number of nitrogens with zero attached hydrogens (tertiary/aromatic N) is 1. The summed E-state index contributed by atoms with van der Waals surface area (Å²) in [5, 5.41) is 7.43. The van der Waals surface area contributed by atoms with Crippen LogP contribution < -0.4 is 5.32 Å². The molecule has 3 nitrogen and oxygen atoms in total. The topological polar surface area (TPSA) is 38.1 Å². The van der Waals surface area contributed by atoms with Gasteiger partial charge in [-0.25, -0.2) is 4.98 Å². The van der Waals surface area contributed by atoms with Gasteiger partial charge in [0.25, 0.3) is 0 Å². The Morgan fingerprint density at radius 1 is 1.33 bits per heavy atom. The average Bonchev–Trinajstić information content (AvgIpc) is 3.03. The van der Waals surface area contributed by atoms with E-state index in [2.05, 4.69) is 28.7 Å². The summed E-state index contributed by atoms with van der Waals surface area (Å²) in [4.78, 5) is 4.67. The predicted octanol–water partition coefficient (Wildman–Crippen LogP) is 3.84. The summed E-state index contributed by atoms with van der Waals surface area (Å²) in [6.45, 7) is 2.10. The van der Waals surface area contributed by atoms with Crippen molar-refractivity contribution in [3.05, 3.63) is 41.6 Å². The molecule has 0 radical (unpaired) electrons. The van der Waals surface area contributed by atoms with Crippen molar-refractivity contribution in [2.45, 2.75) is 13.0 Å². The third-order valence-corrected chi connectivity index (χ3v) is 4.00. The predicted molar refractivity (Wildman–Crippen MR) is 74.8 cm³/mol. The molecule has 1 atom stereocenters. The van der Waals surface area contributed by atoms with Gasteiger partial charge in [0.1, 0.15) is 16.9 Å². The van der Waals surface area contributed by atoms with E-state index in [1.54, 1.807) is 17.6 Å². The van der Waals surface area contributed by atoms with Crippen LogP contribution in [0.5, 0.6) is 0 Å². The van der Waals surface area contributed by atoms with Gasteiger partial charge in [0, 0.05) is 16.8 Å². The number of para-hydroxylation sites is 1. The Morgan fingerprint density at radius 2 is 2.17 bits per heavy atom. The summed E-state index contributed by atoms with van der Waals surface area (Å²) in [6.07, 6.45) is 1.79. The smallest absolute Gasteiger partial charge is 0.134 e. The van der Waals surface area contributed by atoms with E-state index in [-0.39, 0.29) is 6.04 Å². The molecule has 3 aromatic rings. The molecule has 4 heteroatoms. The highest BCUT2D eigenvalue weighted by Crippen LogP contribution is 2.33. The molecule has 2 aromatic heterocycles. The van der Waals surface area contributed by atoms with Gasteiger partial charge in [-0.05, 0) is 20.0 Å². The summed E-state index contributed by atoms with van der Waals surface area (Å²) >= 11 is 1.65. The van der Waals surface area contributed by atoms with Gasteiger partial charge in [-0.15, -0.1) is 11.3 Å². The molecule has 3 rings (SSSR count). The van der Waals surface area contributed by atoms with Crippen molar-refractivity contribution in [2.24, 2.45) is 0 Å². The molecule has 2 heterocycles. The quantitative estimate of drug-likeness (QED) is 0.775. The van der Waals surface area contributed by atoms with Crippen molar-refractivity contribution < 1.29 is 4.42 Å². The lowest BCUT2D eigenvalue weighted by atomic mass is 10.2. The largest absolute Gasteiger partial charge is 0.464 e. The maximum atomic E-state index is 5.55. The third kappa shape index (κ3) is 1.83. The molecule has 0 saturated carbocycles. The first-order chi connectivity index (χ1) is 8.79. The number of hydrogen-bond acceptors (Lipinski definition) is 4. The minimum absolute atomic E-state index is 0.271. The van der Waals surface area contributed by atoms with Crippen molar-refractivity contribution >= 4 is 22.3 Å². The lowest BCUT2D eigenvalue weighted by Gasteiger charge is -2.04. The monoisotopic (exact) mass is 258 g/mol. The Morgan fingerprint density at radius 3 is 3.00 bits per heavy atom. The van der Waals surface area contributed by atoms with Gasteiger partial charge in [-0.1, -0.05) is 18.2 Å². The number of hydrogen-bond donors (Lipinski definition) is 1. The van der Waals surface area contributed by atoms with Crippen molar-refractivity contribution in [3.8, 4) is 10.6 Å². The number of rotatable bonds is 3. The van der Waals surface area contributed by atoms with E-state index in [1.165, 1.54) is 0 Å². The van der Waals surface area contributed by atoms with Crippen molar-refractivity contribution in [3.63, 3.8) is 0 Å². The van der Waals surface area contributed by atoms with Crippen LogP contribution in [-0.4, -0.2) is 12.0 Å². The molecule has 0 bridgehead atoms. The highest BCUT2D eigenvalue weighted by molar-refractivity contribution is 7.13. The van der Waals surface area contributed by atoms with E-state index >= 15 is 0 Å².